The molecule has 4 nitrogen and oxygen atoms in total. The number of rotatable bonds is 5. The van der Waals surface area contributed by atoms with Crippen LogP contribution in [0.25, 0.3) is 5.57 Å². The summed E-state index contributed by atoms with van der Waals surface area (Å²) in [6.45, 7) is 6.03. The van der Waals surface area contributed by atoms with Gasteiger partial charge in [0.25, 0.3) is 11.8 Å². The van der Waals surface area contributed by atoms with E-state index >= 15 is 0 Å². The zero-order chi connectivity index (χ0) is 21.3. The van der Waals surface area contributed by atoms with Gasteiger partial charge in [0.1, 0.15) is 5.70 Å². The molecule has 0 saturated carbocycles. The normalized spacial score (nSPS) is 13.9. The summed E-state index contributed by atoms with van der Waals surface area (Å²) in [6, 6.07) is 23.0. The summed E-state index contributed by atoms with van der Waals surface area (Å²) in [7, 11) is 0. The maximum absolute atomic E-state index is 13.4. The average molecular weight is 396 g/mol. The van der Waals surface area contributed by atoms with Crippen LogP contribution in [-0.4, -0.2) is 11.8 Å². The quantitative estimate of drug-likeness (QED) is 0.598. The molecule has 3 aromatic rings. The van der Waals surface area contributed by atoms with Crippen LogP contribution in [0.3, 0.4) is 0 Å². The van der Waals surface area contributed by atoms with E-state index in [9.17, 15) is 9.59 Å². The van der Waals surface area contributed by atoms with Gasteiger partial charge in [0.05, 0.1) is 11.3 Å². The van der Waals surface area contributed by atoms with Crippen molar-refractivity contribution in [3.63, 3.8) is 0 Å². The van der Waals surface area contributed by atoms with Gasteiger partial charge < -0.3 is 5.32 Å². The molecule has 3 aromatic carbocycles. The average Bonchev–Trinajstić information content (AvgIpc) is 2.99. The molecule has 0 fully saturated rings. The number of aryl methyl sites for hydroxylation is 3. The lowest BCUT2D eigenvalue weighted by molar-refractivity contribution is -0.120. The van der Waals surface area contributed by atoms with Gasteiger partial charge in [-0.25, -0.2) is 4.90 Å². The largest absolute Gasteiger partial charge is 0.350 e. The van der Waals surface area contributed by atoms with E-state index in [-0.39, 0.29) is 11.8 Å². The number of anilines is 2. The molecule has 2 amide bonds. The third kappa shape index (κ3) is 3.64. The highest BCUT2D eigenvalue weighted by atomic mass is 16.2. The van der Waals surface area contributed by atoms with Gasteiger partial charge in [-0.05, 0) is 61.2 Å². The Labute approximate surface area is 176 Å². The van der Waals surface area contributed by atoms with E-state index in [0.29, 0.717) is 17.0 Å². The second-order valence-electron chi connectivity index (χ2n) is 7.58. The molecule has 1 heterocycles. The third-order valence-corrected chi connectivity index (χ3v) is 5.32. The summed E-state index contributed by atoms with van der Waals surface area (Å²) in [5, 5.41) is 3.22. The molecule has 0 atom stereocenters. The minimum Gasteiger partial charge on any atom is -0.350 e. The smallest absolute Gasteiger partial charge is 0.282 e. The molecule has 0 aliphatic carbocycles. The van der Waals surface area contributed by atoms with Crippen molar-refractivity contribution in [2.75, 3.05) is 10.2 Å². The minimum absolute atomic E-state index is 0.301. The van der Waals surface area contributed by atoms with E-state index in [1.54, 1.807) is 6.07 Å². The zero-order valence-electron chi connectivity index (χ0n) is 17.4. The first-order valence-electron chi connectivity index (χ1n) is 10.1. The second kappa shape index (κ2) is 7.99. The van der Waals surface area contributed by atoms with Gasteiger partial charge in [-0.2, -0.15) is 0 Å². The fourth-order valence-electron chi connectivity index (χ4n) is 3.60. The van der Waals surface area contributed by atoms with E-state index in [1.807, 2.05) is 80.6 Å². The van der Waals surface area contributed by atoms with Crippen LogP contribution in [0.15, 0.2) is 78.5 Å². The molecule has 30 heavy (non-hydrogen) atoms. The number of nitrogens with one attached hydrogen (secondary N) is 1. The van der Waals surface area contributed by atoms with Crippen LogP contribution in [0, 0.1) is 13.8 Å². The maximum atomic E-state index is 13.4. The second-order valence-corrected chi connectivity index (χ2v) is 7.58. The molecule has 1 aliphatic heterocycles. The van der Waals surface area contributed by atoms with E-state index < -0.39 is 0 Å². The number of imide groups is 1. The lowest BCUT2D eigenvalue weighted by Crippen LogP contribution is -2.32. The molecule has 0 saturated heterocycles. The van der Waals surface area contributed by atoms with Crippen LogP contribution in [0.4, 0.5) is 11.4 Å². The standard InChI is InChI=1S/C26H24N2O2/c1-4-19-10-14-21(15-11-19)27-24-23(20-12-8-17(2)9-13-20)25(29)28(26(24)30)22-7-5-6-18(3)16-22/h5-16,27H,4H2,1-3H3. The molecule has 0 aromatic heterocycles. The van der Waals surface area contributed by atoms with Crippen LogP contribution >= 0.6 is 0 Å². The van der Waals surface area contributed by atoms with Gasteiger partial charge in [0, 0.05) is 5.69 Å². The van der Waals surface area contributed by atoms with E-state index in [1.165, 1.54) is 10.5 Å². The molecule has 1 aliphatic rings. The van der Waals surface area contributed by atoms with Crippen molar-refractivity contribution in [3.05, 3.63) is 101 Å². The van der Waals surface area contributed by atoms with Crippen molar-refractivity contribution in [2.45, 2.75) is 27.2 Å². The maximum Gasteiger partial charge on any atom is 0.282 e. The molecule has 4 rings (SSSR count). The fraction of sp³-hybridized carbons (Fsp3) is 0.154. The summed E-state index contributed by atoms with van der Waals surface area (Å²) in [4.78, 5) is 28.1. The molecule has 0 bridgehead atoms. The summed E-state index contributed by atoms with van der Waals surface area (Å²) < 4.78 is 0. The first-order valence-corrected chi connectivity index (χ1v) is 10.1. The Morgan fingerprint density at radius 3 is 2.13 bits per heavy atom. The van der Waals surface area contributed by atoms with Gasteiger partial charge >= 0.3 is 0 Å². The fourth-order valence-corrected chi connectivity index (χ4v) is 3.60. The Morgan fingerprint density at radius 2 is 1.50 bits per heavy atom. The number of amides is 2. The molecular weight excluding hydrogens is 372 g/mol. The summed E-state index contributed by atoms with van der Waals surface area (Å²) in [5.74, 6) is -0.664. The molecule has 0 spiro atoms. The lowest BCUT2D eigenvalue weighted by atomic mass is 10.0. The van der Waals surface area contributed by atoms with E-state index in [0.717, 1.165) is 28.8 Å². The van der Waals surface area contributed by atoms with Crippen molar-refractivity contribution in [2.24, 2.45) is 0 Å². The molecule has 150 valence electrons. The Kier molecular flexibility index (Phi) is 5.23. The Balaban J connectivity index is 1.80. The number of carbonyl (C=O) groups excluding carboxylic acids is 2. The number of hydrogen-bond donors (Lipinski definition) is 1. The van der Waals surface area contributed by atoms with Crippen molar-refractivity contribution in [1.29, 1.82) is 0 Å². The van der Waals surface area contributed by atoms with Crippen molar-refractivity contribution < 1.29 is 9.59 Å². The summed E-state index contributed by atoms with van der Waals surface area (Å²) in [6.07, 6.45) is 0.941. The first-order chi connectivity index (χ1) is 14.5. The van der Waals surface area contributed by atoms with Crippen molar-refractivity contribution >= 4 is 28.8 Å². The predicted molar refractivity (Wildman–Crippen MR) is 121 cm³/mol. The molecular formula is C26H24N2O2. The first kappa shape index (κ1) is 19.6. The Hall–Kier alpha value is -3.66. The van der Waals surface area contributed by atoms with E-state index in [4.69, 9.17) is 0 Å². The number of hydrogen-bond acceptors (Lipinski definition) is 3. The van der Waals surface area contributed by atoms with Gasteiger partial charge in [-0.1, -0.05) is 61.0 Å². The van der Waals surface area contributed by atoms with Gasteiger partial charge in [0.2, 0.25) is 0 Å². The summed E-state index contributed by atoms with van der Waals surface area (Å²) in [5.41, 5.74) is 6.06. The number of carbonyl (C=O) groups is 2. The van der Waals surface area contributed by atoms with Gasteiger partial charge in [0.15, 0.2) is 0 Å². The molecule has 0 unspecified atom stereocenters. The van der Waals surface area contributed by atoms with Crippen LogP contribution in [-0.2, 0) is 16.0 Å². The highest BCUT2D eigenvalue weighted by Gasteiger charge is 2.40. The molecule has 1 N–H and O–H groups in total. The Morgan fingerprint density at radius 1 is 0.800 bits per heavy atom. The number of nitrogens with zero attached hydrogens (tertiary/aromatic N) is 1. The van der Waals surface area contributed by atoms with E-state index in [2.05, 4.69) is 12.2 Å². The van der Waals surface area contributed by atoms with Crippen molar-refractivity contribution in [1.82, 2.24) is 0 Å². The van der Waals surface area contributed by atoms with Gasteiger partial charge in [-0.3, -0.25) is 9.59 Å². The number of benzene rings is 3. The van der Waals surface area contributed by atoms with Gasteiger partial charge in [-0.15, -0.1) is 0 Å². The monoisotopic (exact) mass is 396 g/mol. The SMILES string of the molecule is CCc1ccc(NC2=C(c3ccc(C)cc3)C(=O)N(c3cccc(C)c3)C2=O)cc1. The van der Waals surface area contributed by atoms with Crippen LogP contribution < -0.4 is 10.2 Å². The van der Waals surface area contributed by atoms with Crippen LogP contribution in [0.2, 0.25) is 0 Å². The predicted octanol–water partition coefficient (Wildman–Crippen LogP) is 5.26. The highest BCUT2D eigenvalue weighted by Crippen LogP contribution is 2.34. The Bertz CT molecular complexity index is 1140. The topological polar surface area (TPSA) is 49.4 Å². The summed E-state index contributed by atoms with van der Waals surface area (Å²) >= 11 is 0. The van der Waals surface area contributed by atoms with Crippen LogP contribution in [0.1, 0.15) is 29.2 Å². The minimum atomic E-state index is -0.347. The van der Waals surface area contributed by atoms with Crippen molar-refractivity contribution in [3.8, 4) is 0 Å². The third-order valence-electron chi connectivity index (χ3n) is 5.32. The molecule has 0 radical (unpaired) electrons. The zero-order valence-corrected chi connectivity index (χ0v) is 17.4. The highest BCUT2D eigenvalue weighted by molar-refractivity contribution is 6.46. The lowest BCUT2D eigenvalue weighted by Gasteiger charge is -2.16. The van der Waals surface area contributed by atoms with Crippen LogP contribution in [0.5, 0.6) is 0 Å². The molecule has 4 heteroatoms.